The zero-order valence-corrected chi connectivity index (χ0v) is 21.4. The molecule has 7 nitrogen and oxygen atoms in total. The fourth-order valence-corrected chi connectivity index (χ4v) is 6.76. The summed E-state index contributed by atoms with van der Waals surface area (Å²) in [4.78, 5) is 13.1. The number of sulfone groups is 1. The summed E-state index contributed by atoms with van der Waals surface area (Å²) < 4.78 is 50.6. The monoisotopic (exact) mass is 532 g/mol. The normalized spacial score (nSPS) is 18.6. The van der Waals surface area contributed by atoms with E-state index in [-0.39, 0.29) is 39.2 Å². The van der Waals surface area contributed by atoms with Gasteiger partial charge in [-0.3, -0.25) is 4.79 Å². The van der Waals surface area contributed by atoms with Crippen LogP contribution in [0.2, 0.25) is 10.0 Å². The van der Waals surface area contributed by atoms with Crippen LogP contribution in [0.1, 0.15) is 36.9 Å². The molecule has 2 aromatic rings. The molecular weight excluding hydrogens is 507 g/mol. The fourth-order valence-electron chi connectivity index (χ4n) is 3.77. The molecule has 1 heterocycles. The first-order valence-electron chi connectivity index (χ1n) is 10.4. The van der Waals surface area contributed by atoms with Crippen molar-refractivity contribution in [2.45, 2.75) is 36.5 Å². The molecule has 1 N–H and O–H groups in total. The molecule has 2 aromatic carbocycles. The molecule has 180 valence electrons. The number of nitrogens with zero attached hydrogens (tertiary/aromatic N) is 1. The van der Waals surface area contributed by atoms with Gasteiger partial charge in [-0.1, -0.05) is 41.4 Å². The van der Waals surface area contributed by atoms with E-state index >= 15 is 0 Å². The van der Waals surface area contributed by atoms with Crippen molar-refractivity contribution in [1.82, 2.24) is 9.62 Å². The maximum absolute atomic E-state index is 13.0. The highest BCUT2D eigenvalue weighted by Crippen LogP contribution is 2.29. The van der Waals surface area contributed by atoms with Gasteiger partial charge in [-0.05, 0) is 49.6 Å². The summed E-state index contributed by atoms with van der Waals surface area (Å²) in [5.74, 6) is -1.07. The lowest BCUT2D eigenvalue weighted by molar-refractivity contribution is -0.126. The number of benzene rings is 2. The van der Waals surface area contributed by atoms with E-state index in [1.54, 1.807) is 37.3 Å². The van der Waals surface area contributed by atoms with Crippen LogP contribution in [-0.2, 0) is 30.4 Å². The molecule has 0 unspecified atom stereocenters. The molecule has 0 bridgehead atoms. The van der Waals surface area contributed by atoms with Crippen LogP contribution in [0.3, 0.4) is 0 Å². The van der Waals surface area contributed by atoms with Crippen molar-refractivity contribution in [3.63, 3.8) is 0 Å². The molecule has 1 aliphatic rings. The third kappa shape index (κ3) is 6.48. The van der Waals surface area contributed by atoms with Gasteiger partial charge in [0.1, 0.15) is 0 Å². The number of carbonyl (C=O) groups is 1. The second-order valence-electron chi connectivity index (χ2n) is 8.23. The van der Waals surface area contributed by atoms with E-state index < -0.39 is 25.8 Å². The van der Waals surface area contributed by atoms with Crippen molar-refractivity contribution >= 4 is 49.0 Å². The van der Waals surface area contributed by atoms with E-state index in [2.05, 4.69) is 5.32 Å². The summed E-state index contributed by atoms with van der Waals surface area (Å²) in [6.45, 7) is 2.21. The molecule has 33 heavy (non-hydrogen) atoms. The highest BCUT2D eigenvalue weighted by Gasteiger charge is 2.33. The lowest BCUT2D eigenvalue weighted by Crippen LogP contribution is -2.46. The van der Waals surface area contributed by atoms with Crippen molar-refractivity contribution in [2.75, 3.05) is 19.3 Å². The number of nitrogens with one attached hydrogen (secondary N) is 1. The van der Waals surface area contributed by atoms with Crippen LogP contribution in [0.5, 0.6) is 0 Å². The van der Waals surface area contributed by atoms with Gasteiger partial charge in [-0.25, -0.2) is 21.1 Å². The molecular formula is C22H26Cl2N2O5S2. The second kappa shape index (κ2) is 10.3. The third-order valence-electron chi connectivity index (χ3n) is 5.70. The second-order valence-corrected chi connectivity index (χ2v) is 13.0. The first-order chi connectivity index (χ1) is 15.4. The maximum atomic E-state index is 13.0. The summed E-state index contributed by atoms with van der Waals surface area (Å²) in [5.41, 5.74) is 1.10. The first-order valence-corrected chi connectivity index (χ1v) is 14.7. The molecule has 3 rings (SSSR count). The van der Waals surface area contributed by atoms with E-state index in [0.717, 1.165) is 11.8 Å². The topological polar surface area (TPSA) is 101 Å². The van der Waals surface area contributed by atoms with Crippen LogP contribution in [0.4, 0.5) is 0 Å². The van der Waals surface area contributed by atoms with Gasteiger partial charge >= 0.3 is 0 Å². The minimum absolute atomic E-state index is 0.0793. The zero-order valence-electron chi connectivity index (χ0n) is 18.3. The average Bonchev–Trinajstić information content (AvgIpc) is 2.76. The number of hydrogen-bond donors (Lipinski definition) is 1. The third-order valence-corrected chi connectivity index (χ3v) is 9.31. The zero-order chi connectivity index (χ0) is 24.4. The predicted octanol–water partition coefficient (Wildman–Crippen LogP) is 3.82. The number of amides is 1. The SMILES string of the molecule is C[C@H](NC(=O)[C@@H]1CCCN(S(=O)(=O)Cc2c(Cl)cccc2Cl)C1)c1ccc(S(C)(=O)=O)cc1. The number of sulfonamides is 1. The Bertz CT molecular complexity index is 1210. The molecule has 1 aliphatic heterocycles. The average molecular weight is 533 g/mol. The minimum atomic E-state index is -3.72. The number of halogens is 2. The van der Waals surface area contributed by atoms with Gasteiger partial charge in [-0.2, -0.15) is 0 Å². The molecule has 0 radical (unpaired) electrons. The summed E-state index contributed by atoms with van der Waals surface area (Å²) >= 11 is 12.3. The van der Waals surface area contributed by atoms with Gasteiger partial charge in [0.2, 0.25) is 15.9 Å². The van der Waals surface area contributed by atoms with Crippen molar-refractivity contribution < 1.29 is 21.6 Å². The summed E-state index contributed by atoms with van der Waals surface area (Å²) in [6, 6.07) is 10.8. The fraction of sp³-hybridized carbons (Fsp3) is 0.409. The Kier molecular flexibility index (Phi) is 8.11. The summed E-state index contributed by atoms with van der Waals surface area (Å²) in [7, 11) is -7.02. The smallest absolute Gasteiger partial charge is 0.224 e. The minimum Gasteiger partial charge on any atom is -0.349 e. The lowest BCUT2D eigenvalue weighted by atomic mass is 9.98. The summed E-state index contributed by atoms with van der Waals surface area (Å²) in [6.07, 6.45) is 2.27. The van der Waals surface area contributed by atoms with Crippen LogP contribution in [0.25, 0.3) is 0 Å². The van der Waals surface area contributed by atoms with Crippen LogP contribution >= 0.6 is 23.2 Å². The Hall–Kier alpha value is -1.65. The van der Waals surface area contributed by atoms with E-state index in [1.165, 1.54) is 16.4 Å². The number of carbonyl (C=O) groups excluding carboxylic acids is 1. The Morgan fingerprint density at radius 1 is 1.09 bits per heavy atom. The molecule has 1 saturated heterocycles. The Morgan fingerprint density at radius 3 is 2.27 bits per heavy atom. The summed E-state index contributed by atoms with van der Waals surface area (Å²) in [5, 5.41) is 3.48. The van der Waals surface area contributed by atoms with Gasteiger partial charge in [-0.15, -0.1) is 0 Å². The first kappa shape index (κ1) is 26.0. The number of piperidine rings is 1. The van der Waals surface area contributed by atoms with Crippen LogP contribution in [0, 0.1) is 5.92 Å². The maximum Gasteiger partial charge on any atom is 0.224 e. The van der Waals surface area contributed by atoms with Gasteiger partial charge < -0.3 is 5.32 Å². The largest absolute Gasteiger partial charge is 0.349 e. The number of hydrogen-bond acceptors (Lipinski definition) is 5. The van der Waals surface area contributed by atoms with Crippen molar-refractivity contribution in [3.05, 3.63) is 63.6 Å². The highest BCUT2D eigenvalue weighted by molar-refractivity contribution is 7.90. The molecule has 2 atom stereocenters. The lowest BCUT2D eigenvalue weighted by Gasteiger charge is -2.32. The molecule has 1 fully saturated rings. The Balaban J connectivity index is 1.66. The van der Waals surface area contributed by atoms with Crippen molar-refractivity contribution in [1.29, 1.82) is 0 Å². The van der Waals surface area contributed by atoms with E-state index in [9.17, 15) is 21.6 Å². The van der Waals surface area contributed by atoms with Gasteiger partial charge in [0.15, 0.2) is 9.84 Å². The van der Waals surface area contributed by atoms with Gasteiger partial charge in [0.05, 0.1) is 22.6 Å². The Labute approximate surface area is 205 Å². The van der Waals surface area contributed by atoms with E-state index in [4.69, 9.17) is 23.2 Å². The van der Waals surface area contributed by atoms with E-state index in [1.807, 2.05) is 0 Å². The predicted molar refractivity (Wildman–Crippen MR) is 129 cm³/mol. The Morgan fingerprint density at radius 2 is 1.70 bits per heavy atom. The molecule has 11 heteroatoms. The highest BCUT2D eigenvalue weighted by atomic mass is 35.5. The van der Waals surface area contributed by atoms with Crippen molar-refractivity contribution in [3.8, 4) is 0 Å². The molecule has 0 aliphatic carbocycles. The number of rotatable bonds is 7. The molecule has 0 saturated carbocycles. The van der Waals surface area contributed by atoms with Crippen LogP contribution in [-0.4, -0.2) is 46.4 Å². The van der Waals surface area contributed by atoms with Crippen molar-refractivity contribution in [2.24, 2.45) is 5.92 Å². The molecule has 0 spiro atoms. The van der Waals surface area contributed by atoms with Gasteiger partial charge in [0, 0.05) is 35.0 Å². The van der Waals surface area contributed by atoms with E-state index in [0.29, 0.717) is 24.9 Å². The van der Waals surface area contributed by atoms with Gasteiger partial charge in [0.25, 0.3) is 0 Å². The quantitative estimate of drug-likeness (QED) is 0.584. The van der Waals surface area contributed by atoms with Crippen LogP contribution < -0.4 is 5.32 Å². The standard InChI is InChI=1S/C22H26Cl2N2O5S2/c1-15(16-8-10-18(11-9-16)32(2,28)29)25-22(27)17-5-4-12-26(13-17)33(30,31)14-19-20(23)6-3-7-21(19)24/h3,6-11,15,17H,4-5,12-14H2,1-2H3,(H,25,27)/t15-,17+/m0/s1. The van der Waals surface area contributed by atoms with Crippen LogP contribution in [0.15, 0.2) is 47.4 Å². The molecule has 1 amide bonds. The molecule has 0 aromatic heterocycles.